The third kappa shape index (κ3) is 3.43. The Balaban J connectivity index is 2.15. The lowest BCUT2D eigenvalue weighted by atomic mass is 10.2. The van der Waals surface area contributed by atoms with Gasteiger partial charge < -0.3 is 4.74 Å². The Morgan fingerprint density at radius 3 is 2.84 bits per heavy atom. The monoisotopic (exact) mass is 262 g/mol. The van der Waals surface area contributed by atoms with Crippen molar-refractivity contribution in [2.45, 2.75) is 39.7 Å². The van der Waals surface area contributed by atoms with Crippen LogP contribution in [-0.4, -0.2) is 26.3 Å². The maximum Gasteiger partial charge on any atom is 0.413 e. The SMILES string of the molecule is CCc1ccn2nc(NC(=O)OC(C)(C)C)cc2n1. The van der Waals surface area contributed by atoms with Gasteiger partial charge in [-0.15, -0.1) is 5.10 Å². The van der Waals surface area contributed by atoms with E-state index in [1.807, 2.05) is 40.0 Å². The minimum atomic E-state index is -0.531. The number of amides is 1. The van der Waals surface area contributed by atoms with Crippen LogP contribution in [0.4, 0.5) is 10.6 Å². The summed E-state index contributed by atoms with van der Waals surface area (Å²) in [6, 6.07) is 3.61. The maximum absolute atomic E-state index is 11.6. The predicted molar refractivity (Wildman–Crippen MR) is 72.2 cm³/mol. The van der Waals surface area contributed by atoms with Crippen LogP contribution in [0.5, 0.6) is 0 Å². The fourth-order valence-corrected chi connectivity index (χ4v) is 1.58. The van der Waals surface area contributed by atoms with Gasteiger partial charge >= 0.3 is 6.09 Å². The topological polar surface area (TPSA) is 68.5 Å². The molecule has 0 saturated carbocycles. The Bertz CT molecular complexity index is 598. The average molecular weight is 262 g/mol. The van der Waals surface area contributed by atoms with E-state index < -0.39 is 11.7 Å². The van der Waals surface area contributed by atoms with Crippen molar-refractivity contribution in [1.29, 1.82) is 0 Å². The van der Waals surface area contributed by atoms with Gasteiger partial charge in [-0.25, -0.2) is 14.3 Å². The molecule has 2 aromatic rings. The largest absolute Gasteiger partial charge is 0.444 e. The van der Waals surface area contributed by atoms with Crippen molar-refractivity contribution >= 4 is 17.6 Å². The van der Waals surface area contributed by atoms with Crippen LogP contribution in [0.15, 0.2) is 18.3 Å². The highest BCUT2D eigenvalue weighted by Crippen LogP contribution is 2.12. The Labute approximate surface area is 111 Å². The number of aromatic nitrogens is 3. The molecule has 0 atom stereocenters. The van der Waals surface area contributed by atoms with E-state index >= 15 is 0 Å². The van der Waals surface area contributed by atoms with E-state index in [1.165, 1.54) is 0 Å². The molecule has 0 unspecified atom stereocenters. The molecule has 0 aliphatic heterocycles. The van der Waals surface area contributed by atoms with Crippen molar-refractivity contribution in [3.8, 4) is 0 Å². The first-order chi connectivity index (χ1) is 8.87. The summed E-state index contributed by atoms with van der Waals surface area (Å²) in [5.41, 5.74) is 1.15. The molecule has 1 amide bonds. The summed E-state index contributed by atoms with van der Waals surface area (Å²) in [5, 5.41) is 6.79. The molecule has 2 rings (SSSR count). The number of rotatable bonds is 2. The minimum Gasteiger partial charge on any atom is -0.444 e. The predicted octanol–water partition coefficient (Wildman–Crippen LogP) is 2.64. The molecule has 0 radical (unpaired) electrons. The van der Waals surface area contributed by atoms with E-state index in [-0.39, 0.29) is 0 Å². The lowest BCUT2D eigenvalue weighted by Gasteiger charge is -2.18. The summed E-state index contributed by atoms with van der Waals surface area (Å²) in [6.07, 6.45) is 2.16. The molecule has 102 valence electrons. The number of nitrogens with one attached hydrogen (secondary N) is 1. The molecule has 6 heteroatoms. The van der Waals surface area contributed by atoms with Crippen molar-refractivity contribution in [3.63, 3.8) is 0 Å². The first-order valence-corrected chi connectivity index (χ1v) is 6.23. The maximum atomic E-state index is 11.6. The summed E-state index contributed by atoms with van der Waals surface area (Å²) in [7, 11) is 0. The fraction of sp³-hybridized carbons (Fsp3) is 0.462. The molecule has 0 spiro atoms. The van der Waals surface area contributed by atoms with Gasteiger partial charge in [0.2, 0.25) is 0 Å². The third-order valence-electron chi connectivity index (χ3n) is 2.37. The van der Waals surface area contributed by atoms with Crippen LogP contribution in [0.25, 0.3) is 5.65 Å². The van der Waals surface area contributed by atoms with Crippen molar-refractivity contribution in [3.05, 3.63) is 24.0 Å². The van der Waals surface area contributed by atoms with E-state index in [0.717, 1.165) is 12.1 Å². The van der Waals surface area contributed by atoms with Gasteiger partial charge in [0.1, 0.15) is 5.60 Å². The Hall–Kier alpha value is -2.11. The zero-order chi connectivity index (χ0) is 14.0. The smallest absolute Gasteiger partial charge is 0.413 e. The van der Waals surface area contributed by atoms with Gasteiger partial charge in [0.05, 0.1) is 0 Å². The first kappa shape index (κ1) is 13.3. The second kappa shape index (κ2) is 4.87. The zero-order valence-corrected chi connectivity index (χ0v) is 11.6. The van der Waals surface area contributed by atoms with Crippen molar-refractivity contribution < 1.29 is 9.53 Å². The molecule has 0 aromatic carbocycles. The second-order valence-electron chi connectivity index (χ2n) is 5.23. The number of aryl methyl sites for hydroxylation is 1. The van der Waals surface area contributed by atoms with Crippen molar-refractivity contribution in [2.24, 2.45) is 0 Å². The van der Waals surface area contributed by atoms with Gasteiger partial charge in [-0.05, 0) is 33.3 Å². The van der Waals surface area contributed by atoms with Crippen molar-refractivity contribution in [2.75, 3.05) is 5.32 Å². The highest BCUT2D eigenvalue weighted by atomic mass is 16.6. The minimum absolute atomic E-state index is 0.426. The van der Waals surface area contributed by atoms with E-state index in [1.54, 1.807) is 10.6 Å². The summed E-state index contributed by atoms with van der Waals surface area (Å²) >= 11 is 0. The number of fused-ring (bicyclic) bond motifs is 1. The van der Waals surface area contributed by atoms with Crippen LogP contribution in [0.1, 0.15) is 33.4 Å². The zero-order valence-electron chi connectivity index (χ0n) is 11.6. The van der Waals surface area contributed by atoms with Gasteiger partial charge in [-0.3, -0.25) is 5.32 Å². The van der Waals surface area contributed by atoms with E-state index in [2.05, 4.69) is 15.4 Å². The quantitative estimate of drug-likeness (QED) is 0.903. The molecule has 6 nitrogen and oxygen atoms in total. The first-order valence-electron chi connectivity index (χ1n) is 6.23. The van der Waals surface area contributed by atoms with Crippen LogP contribution in [0.3, 0.4) is 0 Å². The molecule has 0 aliphatic rings. The lowest BCUT2D eigenvalue weighted by molar-refractivity contribution is 0.0635. The number of anilines is 1. The Morgan fingerprint density at radius 2 is 2.21 bits per heavy atom. The highest BCUT2D eigenvalue weighted by Gasteiger charge is 2.17. The molecular formula is C13H18N4O2. The number of ether oxygens (including phenoxy) is 1. The number of carbonyl (C=O) groups excluding carboxylic acids is 1. The highest BCUT2D eigenvalue weighted by molar-refractivity contribution is 5.84. The molecule has 0 bridgehead atoms. The number of carbonyl (C=O) groups is 1. The van der Waals surface area contributed by atoms with Crippen LogP contribution < -0.4 is 5.32 Å². The Kier molecular flexibility index (Phi) is 3.42. The molecule has 2 aromatic heterocycles. The standard InChI is InChI=1S/C13H18N4O2/c1-5-9-6-7-17-11(14-9)8-10(16-17)15-12(18)19-13(2,3)4/h6-8H,5H2,1-4H3,(H,15,16,18). The van der Waals surface area contributed by atoms with Gasteiger partial charge in [0.15, 0.2) is 11.5 Å². The van der Waals surface area contributed by atoms with Crippen LogP contribution >= 0.6 is 0 Å². The normalized spacial score (nSPS) is 11.6. The summed E-state index contributed by atoms with van der Waals surface area (Å²) in [4.78, 5) is 16.0. The summed E-state index contributed by atoms with van der Waals surface area (Å²) in [5.74, 6) is 0.426. The van der Waals surface area contributed by atoms with Gasteiger partial charge in [0, 0.05) is 18.0 Å². The van der Waals surface area contributed by atoms with Gasteiger partial charge in [-0.1, -0.05) is 6.92 Å². The molecule has 1 N–H and O–H groups in total. The summed E-state index contributed by atoms with van der Waals surface area (Å²) < 4.78 is 6.78. The third-order valence-corrected chi connectivity index (χ3v) is 2.37. The molecule has 0 aliphatic carbocycles. The Morgan fingerprint density at radius 1 is 1.47 bits per heavy atom. The molecule has 2 heterocycles. The van der Waals surface area contributed by atoms with Crippen LogP contribution in [0, 0.1) is 0 Å². The van der Waals surface area contributed by atoms with Crippen molar-refractivity contribution in [1.82, 2.24) is 14.6 Å². The van der Waals surface area contributed by atoms with Crippen LogP contribution in [-0.2, 0) is 11.2 Å². The van der Waals surface area contributed by atoms with E-state index in [9.17, 15) is 4.79 Å². The average Bonchev–Trinajstić information content (AvgIpc) is 2.66. The summed E-state index contributed by atoms with van der Waals surface area (Å²) in [6.45, 7) is 7.47. The number of nitrogens with zero attached hydrogens (tertiary/aromatic N) is 3. The van der Waals surface area contributed by atoms with Gasteiger partial charge in [-0.2, -0.15) is 0 Å². The van der Waals surface area contributed by atoms with E-state index in [4.69, 9.17) is 4.74 Å². The number of hydrogen-bond acceptors (Lipinski definition) is 4. The van der Waals surface area contributed by atoms with Gasteiger partial charge in [0.25, 0.3) is 0 Å². The van der Waals surface area contributed by atoms with Crippen LogP contribution in [0.2, 0.25) is 0 Å². The lowest BCUT2D eigenvalue weighted by Crippen LogP contribution is -2.27. The molecule has 0 fully saturated rings. The second-order valence-corrected chi connectivity index (χ2v) is 5.23. The molecule has 19 heavy (non-hydrogen) atoms. The molecular weight excluding hydrogens is 244 g/mol. The van der Waals surface area contributed by atoms with E-state index in [0.29, 0.717) is 11.5 Å². The number of hydrogen-bond donors (Lipinski definition) is 1. The molecule has 0 saturated heterocycles. The fourth-order valence-electron chi connectivity index (χ4n) is 1.58.